The molecule has 0 radical (unpaired) electrons. The largest absolute Gasteiger partial charge is 0.490 e. The molecule has 2 aliphatic heterocycles. The fraction of sp³-hybridized carbons (Fsp3) is 0.538. The van der Waals surface area contributed by atoms with Gasteiger partial charge in [0, 0.05) is 18.5 Å². The third-order valence-electron chi connectivity index (χ3n) is 14.0. The number of fused-ring (bicyclic) bond motifs is 1. The summed E-state index contributed by atoms with van der Waals surface area (Å²) in [6.07, 6.45) is 16.6. The topological polar surface area (TPSA) is 218 Å². The van der Waals surface area contributed by atoms with Crippen molar-refractivity contribution in [3.8, 4) is 17.2 Å². The maximum absolute atomic E-state index is 14.3. The summed E-state index contributed by atoms with van der Waals surface area (Å²) >= 11 is 0. The zero-order chi connectivity index (χ0) is 50.0. The molecule has 5 aromatic rings. The van der Waals surface area contributed by atoms with E-state index in [0.717, 1.165) is 69.2 Å². The number of unbranched alkanes of at least 4 members (excludes halogenated alkanes) is 2. The fourth-order valence-corrected chi connectivity index (χ4v) is 8.83. The first-order valence-electron chi connectivity index (χ1n) is 25.1. The number of pyridine rings is 1. The van der Waals surface area contributed by atoms with Gasteiger partial charge in [-0.15, -0.1) is 10.2 Å². The van der Waals surface area contributed by atoms with Crippen LogP contribution in [0, 0.1) is 29.4 Å². The molecule has 5 heterocycles. The number of hydrogen-bond donors (Lipinski definition) is 4. The van der Waals surface area contributed by atoms with Crippen molar-refractivity contribution < 1.29 is 47.6 Å². The van der Waals surface area contributed by atoms with E-state index in [1.165, 1.54) is 12.1 Å². The van der Waals surface area contributed by atoms with E-state index in [4.69, 9.17) is 14.2 Å². The van der Waals surface area contributed by atoms with Crippen LogP contribution >= 0.6 is 0 Å². The number of nitrogens with one attached hydrogen (secondary N) is 2. The Morgan fingerprint density at radius 3 is 1.79 bits per heavy atom. The van der Waals surface area contributed by atoms with Crippen LogP contribution in [0.5, 0.6) is 17.2 Å². The maximum atomic E-state index is 14.3. The van der Waals surface area contributed by atoms with Crippen LogP contribution < -0.4 is 24.8 Å². The number of amides is 3. The van der Waals surface area contributed by atoms with Crippen LogP contribution in [0.4, 0.5) is 14.6 Å². The van der Waals surface area contributed by atoms with Gasteiger partial charge in [0.25, 0.3) is 5.91 Å². The summed E-state index contributed by atoms with van der Waals surface area (Å²) < 4.78 is 49.1. The van der Waals surface area contributed by atoms with Crippen molar-refractivity contribution in [2.45, 2.75) is 147 Å². The van der Waals surface area contributed by atoms with Crippen LogP contribution in [-0.2, 0) is 51.5 Å². The lowest BCUT2D eigenvalue weighted by Crippen LogP contribution is -2.40. The number of benzene rings is 2. The summed E-state index contributed by atoms with van der Waals surface area (Å²) in [4.78, 5) is 39.6. The minimum atomic E-state index is -1.26. The number of anilines is 1. The van der Waals surface area contributed by atoms with Gasteiger partial charge in [-0.25, -0.2) is 23.1 Å². The number of halogens is 2. The molecule has 0 bridgehead atoms. The molecule has 4 aliphatic rings. The van der Waals surface area contributed by atoms with Crippen LogP contribution in [0.15, 0.2) is 67.1 Å². The normalized spacial score (nSPS) is 19.3. The molecule has 2 unspecified atom stereocenters. The van der Waals surface area contributed by atoms with Gasteiger partial charge in [-0.3, -0.25) is 19.7 Å². The quantitative estimate of drug-likeness (QED) is 0.0354. The number of rotatable bonds is 24. The average molecular weight is 982 g/mol. The number of piperidine rings is 1. The number of ether oxygens (including phenoxy) is 3. The molecule has 4 atom stereocenters. The molecule has 3 aromatic heterocycles. The Bertz CT molecular complexity index is 2620. The molecule has 0 spiro atoms. The third-order valence-corrected chi connectivity index (χ3v) is 14.0. The molecule has 2 aromatic carbocycles. The van der Waals surface area contributed by atoms with E-state index in [1.54, 1.807) is 64.4 Å². The highest BCUT2D eigenvalue weighted by atomic mass is 19.1. The molecule has 380 valence electrons. The second kappa shape index (κ2) is 23.3. The number of aliphatic hydroxyl groups is 2. The summed E-state index contributed by atoms with van der Waals surface area (Å²) in [6.45, 7) is 5.13. The summed E-state index contributed by atoms with van der Waals surface area (Å²) in [5.41, 5.74) is 0.426. The van der Waals surface area contributed by atoms with Crippen molar-refractivity contribution in [2.75, 3.05) is 18.5 Å². The molecule has 2 saturated carbocycles. The molecular formula is C52H65F2N9O8. The van der Waals surface area contributed by atoms with E-state index in [2.05, 4.69) is 36.2 Å². The SMILES string of the molecule is CC[C@@](O)(Cn1nncc1CCCCC1CCC(=O)NC1=O)c1ccc(F)c(OCC2CC2)c1.CC[C@@](O)(Cn1nncc1CCCCC1Oc2cccnc2NC1=O)c1ccc(F)c(OCC2CC2)c1. The van der Waals surface area contributed by atoms with E-state index in [-0.39, 0.29) is 48.2 Å². The van der Waals surface area contributed by atoms with Gasteiger partial charge in [0.1, 0.15) is 11.2 Å². The smallest absolute Gasteiger partial charge is 0.266 e. The predicted octanol–water partition coefficient (Wildman–Crippen LogP) is 7.28. The predicted molar refractivity (Wildman–Crippen MR) is 256 cm³/mol. The first kappa shape index (κ1) is 51.0. The number of nitrogens with zero attached hydrogens (tertiary/aromatic N) is 7. The number of aryl methyl sites for hydroxylation is 2. The second-order valence-corrected chi connectivity index (χ2v) is 19.4. The highest BCUT2D eigenvalue weighted by Crippen LogP contribution is 2.36. The number of carbonyl (C=O) groups is 3. The van der Waals surface area contributed by atoms with Crippen molar-refractivity contribution >= 4 is 23.5 Å². The minimum Gasteiger partial charge on any atom is -0.490 e. The fourth-order valence-electron chi connectivity index (χ4n) is 8.83. The molecule has 1 saturated heterocycles. The zero-order valence-electron chi connectivity index (χ0n) is 40.5. The summed E-state index contributed by atoms with van der Waals surface area (Å²) in [5.74, 6) is 0.842. The maximum Gasteiger partial charge on any atom is 0.266 e. The highest BCUT2D eigenvalue weighted by molar-refractivity contribution is 5.98. The van der Waals surface area contributed by atoms with Crippen molar-refractivity contribution in [2.24, 2.45) is 17.8 Å². The second-order valence-electron chi connectivity index (χ2n) is 19.4. The van der Waals surface area contributed by atoms with Gasteiger partial charge in [0.15, 0.2) is 40.8 Å². The number of imide groups is 1. The third kappa shape index (κ3) is 13.5. The van der Waals surface area contributed by atoms with Gasteiger partial charge in [0.05, 0.1) is 50.1 Å². The average Bonchev–Trinajstić information content (AvgIpc) is 4.30. The van der Waals surface area contributed by atoms with Crippen LogP contribution in [0.25, 0.3) is 0 Å². The molecule has 3 fully saturated rings. The first-order chi connectivity index (χ1) is 34.3. The van der Waals surface area contributed by atoms with E-state index in [1.807, 2.05) is 13.8 Å². The molecule has 19 heteroatoms. The van der Waals surface area contributed by atoms with Crippen LogP contribution in [0.3, 0.4) is 0 Å². The van der Waals surface area contributed by atoms with Crippen LogP contribution in [0.2, 0.25) is 0 Å². The Hall–Kier alpha value is -6.34. The van der Waals surface area contributed by atoms with Crippen molar-refractivity contribution in [3.63, 3.8) is 0 Å². The Morgan fingerprint density at radius 1 is 0.718 bits per heavy atom. The first-order valence-corrected chi connectivity index (χ1v) is 25.1. The van der Waals surface area contributed by atoms with Gasteiger partial charge in [-0.1, -0.05) is 42.8 Å². The standard InChI is InChI=1S/C27H32FN5O4.C25H33FN4O4/c1-2-27(35,19-11-12-21(28)24(14-19)36-16-18-9-10-18)17-33-20(15-30-32-33)6-3-4-7-23-26(34)31-25-22(37-23)8-5-13-29-25;1-2-25(33,19-10-11-21(26)22(13-19)34-15-17-7-8-17)16-30-20(14-27-29-30)6-4-3-5-18-9-12-23(31)28-24(18)32/h5,8,11-15,18,23,35H,2-4,6-7,9-10,16-17H2,1H3,(H,29,31,34);10-11,13-14,17-18,33H,2-9,12,15-16H2,1H3,(H,28,31,32)/t23?,27-;18?,25-/m11/s1. The molecular weight excluding hydrogens is 917 g/mol. The van der Waals surface area contributed by atoms with Gasteiger partial charge < -0.3 is 29.7 Å². The minimum absolute atomic E-state index is 0.110. The summed E-state index contributed by atoms with van der Waals surface area (Å²) in [7, 11) is 0. The Balaban J connectivity index is 0.000000191. The Labute approximate surface area is 412 Å². The van der Waals surface area contributed by atoms with Crippen LogP contribution in [-0.4, -0.2) is 82.2 Å². The van der Waals surface area contributed by atoms with E-state index in [9.17, 15) is 33.4 Å². The lowest BCUT2D eigenvalue weighted by atomic mass is 9.90. The monoisotopic (exact) mass is 981 g/mol. The van der Waals surface area contributed by atoms with Crippen molar-refractivity contribution in [3.05, 3.63) is 101 Å². The Morgan fingerprint density at radius 2 is 1.27 bits per heavy atom. The van der Waals surface area contributed by atoms with E-state index in [0.29, 0.717) is 92.7 Å². The van der Waals surface area contributed by atoms with Crippen molar-refractivity contribution in [1.29, 1.82) is 0 Å². The molecule has 2 aliphatic carbocycles. The number of aromatic nitrogens is 7. The van der Waals surface area contributed by atoms with Gasteiger partial charge >= 0.3 is 0 Å². The van der Waals surface area contributed by atoms with E-state index < -0.39 is 28.9 Å². The molecule has 17 nitrogen and oxygen atoms in total. The summed E-state index contributed by atoms with van der Waals surface area (Å²) in [5, 5.41) is 44.6. The van der Waals surface area contributed by atoms with Gasteiger partial charge in [-0.05, 0) is 149 Å². The summed E-state index contributed by atoms with van der Waals surface area (Å²) in [6, 6.07) is 12.6. The van der Waals surface area contributed by atoms with Gasteiger partial charge in [0.2, 0.25) is 11.8 Å². The van der Waals surface area contributed by atoms with Crippen LogP contribution in [0.1, 0.15) is 126 Å². The molecule has 4 N–H and O–H groups in total. The number of carbonyl (C=O) groups excluding carboxylic acids is 3. The number of hydrogen-bond acceptors (Lipinski definition) is 13. The van der Waals surface area contributed by atoms with E-state index >= 15 is 0 Å². The molecule has 71 heavy (non-hydrogen) atoms. The Kier molecular flexibility index (Phi) is 16.7. The lowest BCUT2D eigenvalue weighted by molar-refractivity contribution is -0.136. The molecule has 9 rings (SSSR count). The highest BCUT2D eigenvalue weighted by Gasteiger charge is 2.34. The zero-order valence-corrected chi connectivity index (χ0v) is 40.5. The molecule has 3 amide bonds. The lowest BCUT2D eigenvalue weighted by Gasteiger charge is -2.28. The van der Waals surface area contributed by atoms with Crippen molar-refractivity contribution in [1.82, 2.24) is 40.3 Å². The van der Waals surface area contributed by atoms with Gasteiger partial charge in [-0.2, -0.15) is 0 Å².